The number of hydrogen-bond acceptors (Lipinski definition) is 0. The van der Waals surface area contributed by atoms with Crippen LogP contribution in [0.5, 0.6) is 0 Å². The molecule has 0 aromatic heterocycles. The normalized spacial score (nSPS) is 15.2. The maximum Gasteiger partial charge on any atom is 0.231 e. The maximum atomic E-state index is 11.4. The molecule has 2 heteroatoms. The first-order valence-corrected chi connectivity index (χ1v) is 5.50. The van der Waals surface area contributed by atoms with Gasteiger partial charge in [-0.3, -0.25) is 4.80 Å². The Morgan fingerprint density at radius 3 is 2.62 bits per heavy atom. The van der Waals surface area contributed by atoms with Crippen LogP contribution < -0.4 is 0 Å². The molecule has 0 saturated carbocycles. The van der Waals surface area contributed by atoms with Gasteiger partial charge in [-0.2, -0.15) is 0 Å². The van der Waals surface area contributed by atoms with Crippen LogP contribution in [0.2, 0.25) is 19.1 Å². The van der Waals surface area contributed by atoms with Gasteiger partial charge in [0.05, 0.1) is 0 Å². The standard InChI is InChI=1S/C6H15OSi/c1-4-5-6-8(2,3)7/h4-6H2,1-3H3/i2T,3T. The first kappa shape index (κ1) is 5.00. The van der Waals surface area contributed by atoms with Gasteiger partial charge < -0.3 is 0 Å². The molecule has 0 amide bonds. The highest BCUT2D eigenvalue weighted by molar-refractivity contribution is 6.69. The average Bonchev–Trinajstić information content (AvgIpc) is 2.00. The fourth-order valence-corrected chi connectivity index (χ4v) is 1.50. The van der Waals surface area contributed by atoms with Crippen LogP contribution in [-0.4, -0.2) is 8.32 Å². The van der Waals surface area contributed by atoms with Crippen LogP contribution in [-0.2, 0) is 4.80 Å². The molecule has 0 aliphatic carbocycles. The van der Waals surface area contributed by atoms with Crippen molar-refractivity contribution in [1.29, 1.82) is 0 Å². The van der Waals surface area contributed by atoms with Gasteiger partial charge in [-0.05, 0) is 19.1 Å². The Hall–Kier alpha value is 0.177. The van der Waals surface area contributed by atoms with Crippen molar-refractivity contribution < 1.29 is 7.54 Å². The van der Waals surface area contributed by atoms with Gasteiger partial charge in [0.25, 0.3) is 0 Å². The van der Waals surface area contributed by atoms with Gasteiger partial charge in [0.15, 0.2) is 0 Å². The molecular weight excluding hydrogens is 116 g/mol. The number of hydrogen-bond donors (Lipinski definition) is 0. The summed E-state index contributed by atoms with van der Waals surface area (Å²) >= 11 is 0. The summed E-state index contributed by atoms with van der Waals surface area (Å²) in [5, 5.41) is 0. The number of unbranched alkanes of at least 4 members (excludes halogenated alkanes) is 1. The van der Waals surface area contributed by atoms with Gasteiger partial charge in [0.1, 0.15) is 0 Å². The molecule has 0 heterocycles. The summed E-state index contributed by atoms with van der Waals surface area (Å²) in [6, 6.07) is 0.622. The monoisotopic (exact) mass is 135 g/mol. The predicted octanol–water partition coefficient (Wildman–Crippen LogP) is 2.42. The molecule has 0 aromatic carbocycles. The lowest BCUT2D eigenvalue weighted by atomic mass is 10.4. The number of rotatable bonds is 3. The molecule has 0 fully saturated rings. The molecule has 8 heavy (non-hydrogen) atoms. The van der Waals surface area contributed by atoms with E-state index in [1.165, 1.54) is 0 Å². The average molecular weight is 135 g/mol. The second-order valence-corrected chi connectivity index (χ2v) is 5.15. The Kier molecular flexibility index (Phi) is 2.03. The minimum absolute atomic E-state index is 0.0174. The van der Waals surface area contributed by atoms with Gasteiger partial charge in [-0.1, -0.05) is 19.8 Å². The Morgan fingerprint density at radius 2 is 2.25 bits per heavy atom. The van der Waals surface area contributed by atoms with Crippen molar-refractivity contribution in [2.75, 3.05) is 0 Å². The van der Waals surface area contributed by atoms with E-state index in [1.807, 2.05) is 6.92 Å². The van der Waals surface area contributed by atoms with Gasteiger partial charge in [-0.25, -0.2) is 0 Å². The highest BCUT2D eigenvalue weighted by Gasteiger charge is 2.17. The maximum absolute atomic E-state index is 11.4. The van der Waals surface area contributed by atoms with Crippen LogP contribution in [0.15, 0.2) is 0 Å². The van der Waals surface area contributed by atoms with E-state index in [2.05, 4.69) is 0 Å². The van der Waals surface area contributed by atoms with Crippen LogP contribution in [0.4, 0.5) is 0 Å². The van der Waals surface area contributed by atoms with Crippen molar-refractivity contribution in [3.63, 3.8) is 0 Å². The Labute approximate surface area is 55.7 Å². The van der Waals surface area contributed by atoms with Gasteiger partial charge in [0.2, 0.25) is 8.32 Å². The molecule has 0 atom stereocenters. The summed E-state index contributed by atoms with van der Waals surface area (Å²) in [7, 11) is -2.63. The second-order valence-electron chi connectivity index (χ2n) is 2.29. The molecule has 0 N–H and O–H groups in total. The zero-order valence-corrected chi connectivity index (χ0v) is 6.44. The largest absolute Gasteiger partial charge is 0.298 e. The quantitative estimate of drug-likeness (QED) is 0.530. The zero-order chi connectivity index (χ0) is 8.04. The van der Waals surface area contributed by atoms with Crippen molar-refractivity contribution in [3.05, 3.63) is 0 Å². The van der Waals surface area contributed by atoms with E-state index in [0.717, 1.165) is 12.8 Å². The molecule has 0 spiro atoms. The van der Waals surface area contributed by atoms with Crippen molar-refractivity contribution >= 4 is 8.32 Å². The van der Waals surface area contributed by atoms with Crippen LogP contribution in [0.25, 0.3) is 0 Å². The third-order valence-corrected chi connectivity index (χ3v) is 2.25. The van der Waals surface area contributed by atoms with Crippen molar-refractivity contribution in [1.82, 2.24) is 0 Å². The summed E-state index contributed by atoms with van der Waals surface area (Å²) in [4.78, 5) is 11.4. The summed E-state index contributed by atoms with van der Waals surface area (Å²) in [5.74, 6) is 0. The molecule has 1 nitrogen and oxygen atoms in total. The zero-order valence-electron chi connectivity index (χ0n) is 7.44. The molecular formula is C6H15OSi. The predicted molar refractivity (Wildman–Crippen MR) is 37.9 cm³/mol. The van der Waals surface area contributed by atoms with E-state index in [4.69, 9.17) is 2.74 Å². The van der Waals surface area contributed by atoms with E-state index in [-0.39, 0.29) is 13.0 Å². The molecule has 0 aliphatic heterocycles. The smallest absolute Gasteiger partial charge is 0.231 e. The Morgan fingerprint density at radius 1 is 1.62 bits per heavy atom. The minimum atomic E-state index is -2.63. The van der Waals surface area contributed by atoms with Crippen molar-refractivity contribution in [2.45, 2.75) is 38.9 Å². The summed E-state index contributed by atoms with van der Waals surface area (Å²) in [6.07, 6.45) is 1.92. The SMILES string of the molecule is [3H]C[Si]([O])(C[3H])CCCC. The Balaban J connectivity index is 3.58. The van der Waals surface area contributed by atoms with Crippen LogP contribution in [0.3, 0.4) is 0 Å². The van der Waals surface area contributed by atoms with E-state index in [9.17, 15) is 4.80 Å². The molecule has 0 bridgehead atoms. The fourth-order valence-electron chi connectivity index (χ4n) is 0.499. The molecule has 0 rings (SSSR count). The van der Waals surface area contributed by atoms with E-state index in [0.29, 0.717) is 6.04 Å². The molecule has 0 aromatic rings. The lowest BCUT2D eigenvalue weighted by Gasteiger charge is -2.08. The molecule has 49 valence electrons. The molecule has 0 unspecified atom stereocenters. The van der Waals surface area contributed by atoms with Gasteiger partial charge in [0, 0.05) is 2.74 Å². The minimum Gasteiger partial charge on any atom is -0.298 e. The van der Waals surface area contributed by atoms with E-state index >= 15 is 0 Å². The van der Waals surface area contributed by atoms with Gasteiger partial charge in [-0.15, -0.1) is 0 Å². The summed E-state index contributed by atoms with van der Waals surface area (Å²) in [5.41, 5.74) is 0. The second kappa shape index (κ2) is 3.25. The topological polar surface area (TPSA) is 19.9 Å². The fraction of sp³-hybridized carbons (Fsp3) is 1.00. The van der Waals surface area contributed by atoms with E-state index in [1.54, 1.807) is 0 Å². The van der Waals surface area contributed by atoms with Crippen LogP contribution in [0, 0.1) is 0 Å². The summed E-state index contributed by atoms with van der Waals surface area (Å²) < 4.78 is 13.9. The molecule has 1 radical (unpaired) electrons. The highest BCUT2D eigenvalue weighted by atomic mass is 28.4. The first-order chi connectivity index (χ1) is 4.68. The van der Waals surface area contributed by atoms with Gasteiger partial charge >= 0.3 is 0 Å². The highest BCUT2D eigenvalue weighted by Crippen LogP contribution is 2.09. The Bertz CT molecular complexity index is 85.8. The third kappa shape index (κ3) is 6.18. The molecule has 0 saturated heterocycles. The van der Waals surface area contributed by atoms with E-state index < -0.39 is 8.32 Å². The third-order valence-electron chi connectivity index (χ3n) is 0.986. The van der Waals surface area contributed by atoms with Crippen LogP contribution >= 0.6 is 0 Å². The summed E-state index contributed by atoms with van der Waals surface area (Å²) in [6.45, 7) is 2.00. The first-order valence-electron chi connectivity index (χ1n) is 4.39. The molecule has 0 aliphatic rings. The lowest BCUT2D eigenvalue weighted by Crippen LogP contribution is -2.21. The van der Waals surface area contributed by atoms with Crippen molar-refractivity contribution in [2.24, 2.45) is 0 Å². The van der Waals surface area contributed by atoms with Crippen molar-refractivity contribution in [3.8, 4) is 0 Å². The van der Waals surface area contributed by atoms with Crippen LogP contribution in [0.1, 0.15) is 22.5 Å². The lowest BCUT2D eigenvalue weighted by molar-refractivity contribution is 0.425.